The molecule has 3 rings (SSSR count). The van der Waals surface area contributed by atoms with Gasteiger partial charge in [-0.25, -0.2) is 4.98 Å². The molecule has 0 saturated heterocycles. The minimum absolute atomic E-state index is 0.0848. The summed E-state index contributed by atoms with van der Waals surface area (Å²) in [5.41, 5.74) is 1.36. The second kappa shape index (κ2) is 8.45. The topological polar surface area (TPSA) is 56.1 Å². The lowest BCUT2D eigenvalue weighted by Gasteiger charge is -2.19. The first-order valence-corrected chi connectivity index (χ1v) is 8.99. The minimum atomic E-state index is -0.0974. The predicted molar refractivity (Wildman–Crippen MR) is 105 cm³/mol. The van der Waals surface area contributed by atoms with E-state index in [-0.39, 0.29) is 11.6 Å². The summed E-state index contributed by atoms with van der Waals surface area (Å²) in [5, 5.41) is 4.64. The number of para-hydroxylation sites is 1. The minimum Gasteiger partial charge on any atom is -0.385 e. The van der Waals surface area contributed by atoms with E-state index in [9.17, 15) is 4.79 Å². The van der Waals surface area contributed by atoms with Gasteiger partial charge in [0.2, 0.25) is 0 Å². The molecule has 0 aliphatic rings. The van der Waals surface area contributed by atoms with Crippen LogP contribution in [-0.2, 0) is 4.74 Å². The smallest absolute Gasteiger partial charge is 0.266 e. The molecule has 0 aliphatic heterocycles. The number of ether oxygens (including phenoxy) is 1. The summed E-state index contributed by atoms with van der Waals surface area (Å²) in [7, 11) is 1.69. The molecule has 0 bridgehead atoms. The third-order valence-electron chi connectivity index (χ3n) is 4.25. The summed E-state index contributed by atoms with van der Waals surface area (Å²) >= 11 is 6.01. The first-order chi connectivity index (χ1) is 12.6. The zero-order valence-corrected chi connectivity index (χ0v) is 15.7. The number of nitrogens with zero attached hydrogens (tertiary/aromatic N) is 2. The normalized spacial score (nSPS) is 12.4. The van der Waals surface area contributed by atoms with Gasteiger partial charge in [-0.15, -0.1) is 0 Å². The third-order valence-corrected chi connectivity index (χ3v) is 4.50. The molecule has 26 heavy (non-hydrogen) atoms. The van der Waals surface area contributed by atoms with Crippen molar-refractivity contribution in [3.8, 4) is 5.69 Å². The van der Waals surface area contributed by atoms with Crippen LogP contribution in [0.3, 0.4) is 0 Å². The summed E-state index contributed by atoms with van der Waals surface area (Å²) < 4.78 is 6.75. The molecule has 0 fully saturated rings. The molecular formula is C20H22ClN3O2. The van der Waals surface area contributed by atoms with Gasteiger partial charge in [-0.1, -0.05) is 23.7 Å². The molecule has 6 heteroatoms. The van der Waals surface area contributed by atoms with Gasteiger partial charge >= 0.3 is 0 Å². The van der Waals surface area contributed by atoms with E-state index < -0.39 is 0 Å². The second-order valence-corrected chi connectivity index (χ2v) is 6.56. The molecule has 0 unspecified atom stereocenters. The Bertz CT molecular complexity index is 938. The molecule has 2 aromatic carbocycles. The zero-order chi connectivity index (χ0) is 18.5. The molecule has 1 atom stereocenters. The predicted octanol–water partition coefficient (Wildman–Crippen LogP) is 3.73. The Morgan fingerprint density at radius 1 is 1.19 bits per heavy atom. The molecule has 0 amide bonds. The van der Waals surface area contributed by atoms with Crippen LogP contribution in [0.4, 0.5) is 0 Å². The molecule has 136 valence electrons. The van der Waals surface area contributed by atoms with E-state index in [1.54, 1.807) is 29.9 Å². The van der Waals surface area contributed by atoms with Crippen LogP contribution in [0.25, 0.3) is 16.6 Å². The standard InChI is InChI=1S/C20H22ClN3O2/c1-14(22-12-5-13-26-2)19-23-18-7-4-3-6-17(18)20(25)24(19)16-10-8-15(21)9-11-16/h3-4,6-11,14,22H,5,12-13H2,1-2H3/t14-/m0/s1. The quantitative estimate of drug-likeness (QED) is 0.643. The van der Waals surface area contributed by atoms with E-state index in [4.69, 9.17) is 21.3 Å². The average Bonchev–Trinajstić information content (AvgIpc) is 2.66. The highest BCUT2D eigenvalue weighted by atomic mass is 35.5. The number of benzene rings is 2. The molecule has 5 nitrogen and oxygen atoms in total. The van der Waals surface area contributed by atoms with Crippen LogP contribution in [-0.4, -0.2) is 29.8 Å². The lowest BCUT2D eigenvalue weighted by atomic mass is 10.2. The molecule has 1 N–H and O–H groups in total. The summed E-state index contributed by atoms with van der Waals surface area (Å²) in [6.45, 7) is 3.48. The van der Waals surface area contributed by atoms with Crippen LogP contribution in [0, 0.1) is 0 Å². The maximum Gasteiger partial charge on any atom is 0.266 e. The first kappa shape index (κ1) is 18.6. The summed E-state index contributed by atoms with van der Waals surface area (Å²) in [6.07, 6.45) is 0.888. The second-order valence-electron chi connectivity index (χ2n) is 6.13. The Hall–Kier alpha value is -2.21. The van der Waals surface area contributed by atoms with Crippen LogP contribution in [0.15, 0.2) is 53.3 Å². The van der Waals surface area contributed by atoms with E-state index in [2.05, 4.69) is 5.32 Å². The average molecular weight is 372 g/mol. The number of hydrogen-bond acceptors (Lipinski definition) is 4. The lowest BCUT2D eigenvalue weighted by Crippen LogP contribution is -2.30. The van der Waals surface area contributed by atoms with Crippen LogP contribution >= 0.6 is 11.6 Å². The number of rotatable bonds is 7. The lowest BCUT2D eigenvalue weighted by molar-refractivity contribution is 0.193. The van der Waals surface area contributed by atoms with Crippen LogP contribution in [0.2, 0.25) is 5.02 Å². The highest BCUT2D eigenvalue weighted by molar-refractivity contribution is 6.30. The zero-order valence-electron chi connectivity index (χ0n) is 14.9. The van der Waals surface area contributed by atoms with Crippen molar-refractivity contribution in [2.45, 2.75) is 19.4 Å². The van der Waals surface area contributed by atoms with Crippen molar-refractivity contribution in [1.82, 2.24) is 14.9 Å². The van der Waals surface area contributed by atoms with E-state index >= 15 is 0 Å². The summed E-state index contributed by atoms with van der Waals surface area (Å²) in [5.74, 6) is 0.674. The van der Waals surface area contributed by atoms with Gasteiger partial charge in [0.15, 0.2) is 0 Å². The summed E-state index contributed by atoms with van der Waals surface area (Å²) in [6, 6.07) is 14.5. The SMILES string of the molecule is COCCCN[C@@H](C)c1nc2ccccc2c(=O)n1-c1ccc(Cl)cc1. The van der Waals surface area contributed by atoms with Crippen LogP contribution in [0.1, 0.15) is 25.2 Å². The van der Waals surface area contributed by atoms with Gasteiger partial charge in [0.1, 0.15) is 5.82 Å². The van der Waals surface area contributed by atoms with Crippen molar-refractivity contribution in [1.29, 1.82) is 0 Å². The fraction of sp³-hybridized carbons (Fsp3) is 0.300. The molecule has 0 saturated carbocycles. The fourth-order valence-corrected chi connectivity index (χ4v) is 3.03. The van der Waals surface area contributed by atoms with Gasteiger partial charge in [0.25, 0.3) is 5.56 Å². The fourth-order valence-electron chi connectivity index (χ4n) is 2.91. The molecule has 0 spiro atoms. The van der Waals surface area contributed by atoms with Crippen molar-refractivity contribution < 1.29 is 4.74 Å². The molecule has 3 aromatic rings. The van der Waals surface area contributed by atoms with Gasteiger partial charge in [-0.2, -0.15) is 0 Å². The van der Waals surface area contributed by atoms with Crippen molar-refractivity contribution in [3.05, 3.63) is 69.7 Å². The van der Waals surface area contributed by atoms with Gasteiger partial charge in [-0.3, -0.25) is 9.36 Å². The number of halogens is 1. The van der Waals surface area contributed by atoms with Crippen molar-refractivity contribution in [3.63, 3.8) is 0 Å². The maximum absolute atomic E-state index is 13.2. The molecular weight excluding hydrogens is 350 g/mol. The van der Waals surface area contributed by atoms with E-state index in [1.165, 1.54) is 0 Å². The van der Waals surface area contributed by atoms with Crippen molar-refractivity contribution in [2.75, 3.05) is 20.3 Å². The van der Waals surface area contributed by atoms with Gasteiger partial charge in [0.05, 0.1) is 22.6 Å². The van der Waals surface area contributed by atoms with Crippen LogP contribution < -0.4 is 10.9 Å². The van der Waals surface area contributed by atoms with Crippen molar-refractivity contribution >= 4 is 22.5 Å². The molecule has 0 radical (unpaired) electrons. The number of aromatic nitrogens is 2. The number of nitrogens with one attached hydrogen (secondary N) is 1. The maximum atomic E-state index is 13.2. The van der Waals surface area contributed by atoms with Crippen LogP contribution in [0.5, 0.6) is 0 Å². The molecule has 0 aliphatic carbocycles. The Kier molecular flexibility index (Phi) is 6.04. The Balaban J connectivity index is 2.08. The number of hydrogen-bond donors (Lipinski definition) is 1. The molecule has 1 heterocycles. The van der Waals surface area contributed by atoms with E-state index in [0.29, 0.717) is 28.4 Å². The van der Waals surface area contributed by atoms with Crippen molar-refractivity contribution in [2.24, 2.45) is 0 Å². The number of methoxy groups -OCH3 is 1. The largest absolute Gasteiger partial charge is 0.385 e. The Labute approximate surface area is 157 Å². The third kappa shape index (κ3) is 3.96. The highest BCUT2D eigenvalue weighted by Crippen LogP contribution is 2.19. The van der Waals surface area contributed by atoms with Gasteiger partial charge < -0.3 is 10.1 Å². The first-order valence-electron chi connectivity index (χ1n) is 8.62. The van der Waals surface area contributed by atoms with E-state index in [0.717, 1.165) is 18.7 Å². The van der Waals surface area contributed by atoms with Gasteiger partial charge in [-0.05, 0) is 56.3 Å². The Morgan fingerprint density at radius 2 is 1.92 bits per heavy atom. The van der Waals surface area contributed by atoms with E-state index in [1.807, 2.05) is 37.3 Å². The summed E-state index contributed by atoms with van der Waals surface area (Å²) in [4.78, 5) is 17.9. The monoisotopic (exact) mass is 371 g/mol. The Morgan fingerprint density at radius 3 is 2.65 bits per heavy atom. The number of fused-ring (bicyclic) bond motifs is 1. The molecule has 1 aromatic heterocycles. The van der Waals surface area contributed by atoms with Gasteiger partial charge in [0, 0.05) is 18.7 Å². The highest BCUT2D eigenvalue weighted by Gasteiger charge is 2.17.